The molecule has 2 amide bonds. The lowest BCUT2D eigenvalue weighted by molar-refractivity contribution is -0.203. The maximum Gasteiger partial charge on any atom is 0.251 e. The topological polar surface area (TPSA) is 139 Å². The number of fused-ring (bicyclic) bond motifs is 7. The number of amides is 2. The van der Waals surface area contributed by atoms with E-state index in [1.807, 2.05) is 0 Å². The summed E-state index contributed by atoms with van der Waals surface area (Å²) in [5, 5.41) is 46.1. The zero-order valence-electron chi connectivity index (χ0n) is 29.6. The molecule has 8 nitrogen and oxygen atoms in total. The summed E-state index contributed by atoms with van der Waals surface area (Å²) in [7, 11) is 0. The SMILES string of the molecule is CC1(C)CC[C@]2(C(=O)NCCNC(=O)c3cc(O)c(O)c(O)c3)CC[C@]3(C)C(=CC[C@@H]4[C@@]5(C)CC[C@H](O)C(C)(C)[C@@H]5CC[C@]43C)[C@@H]2C1. The zero-order chi connectivity index (χ0) is 34.4. The molecule has 1 aromatic carbocycles. The van der Waals surface area contributed by atoms with E-state index in [1.54, 1.807) is 0 Å². The molecule has 6 rings (SSSR count). The van der Waals surface area contributed by atoms with Crippen LogP contribution in [0.15, 0.2) is 23.8 Å². The van der Waals surface area contributed by atoms with Crippen LogP contribution in [0.1, 0.15) is 123 Å². The first-order valence-corrected chi connectivity index (χ1v) is 18.0. The van der Waals surface area contributed by atoms with Crippen molar-refractivity contribution in [2.24, 2.45) is 50.2 Å². The Morgan fingerprint density at radius 3 is 2.13 bits per heavy atom. The van der Waals surface area contributed by atoms with Gasteiger partial charge >= 0.3 is 0 Å². The van der Waals surface area contributed by atoms with Crippen LogP contribution in [0.3, 0.4) is 0 Å². The van der Waals surface area contributed by atoms with E-state index >= 15 is 0 Å². The van der Waals surface area contributed by atoms with Crippen molar-refractivity contribution in [1.29, 1.82) is 0 Å². The van der Waals surface area contributed by atoms with E-state index < -0.39 is 28.6 Å². The average molecular weight is 651 g/mol. The molecule has 0 heterocycles. The van der Waals surface area contributed by atoms with Crippen molar-refractivity contribution in [3.8, 4) is 17.2 Å². The first-order valence-electron chi connectivity index (χ1n) is 18.0. The Kier molecular flexibility index (Phi) is 8.09. The first-order chi connectivity index (χ1) is 21.8. The Labute approximate surface area is 280 Å². The molecule has 47 heavy (non-hydrogen) atoms. The number of aromatic hydroxyl groups is 3. The molecule has 0 spiro atoms. The predicted molar refractivity (Wildman–Crippen MR) is 182 cm³/mol. The minimum atomic E-state index is -0.667. The number of aliphatic hydroxyl groups is 1. The smallest absolute Gasteiger partial charge is 0.251 e. The van der Waals surface area contributed by atoms with E-state index in [4.69, 9.17) is 0 Å². The van der Waals surface area contributed by atoms with Crippen LogP contribution >= 0.6 is 0 Å². The lowest BCUT2D eigenvalue weighted by Gasteiger charge is -2.71. The number of phenolic OH excluding ortho intramolecular Hbond substituents is 3. The van der Waals surface area contributed by atoms with E-state index in [9.17, 15) is 30.0 Å². The van der Waals surface area contributed by atoms with Crippen molar-refractivity contribution in [3.63, 3.8) is 0 Å². The normalized spacial score (nSPS) is 40.0. The lowest BCUT2D eigenvalue weighted by Crippen LogP contribution is -2.65. The Hall–Kier alpha value is -2.74. The second-order valence-corrected chi connectivity index (χ2v) is 18.1. The fourth-order valence-corrected chi connectivity index (χ4v) is 12.0. The number of aliphatic hydroxyl groups excluding tert-OH is 1. The summed E-state index contributed by atoms with van der Waals surface area (Å²) < 4.78 is 0. The molecular formula is C39H58N2O6. The second kappa shape index (κ2) is 11.1. The number of nitrogens with one attached hydrogen (secondary N) is 2. The van der Waals surface area contributed by atoms with Crippen molar-refractivity contribution >= 4 is 11.8 Å². The molecule has 260 valence electrons. The summed E-state index contributed by atoms with van der Waals surface area (Å²) in [6.07, 6.45) is 12.3. The second-order valence-electron chi connectivity index (χ2n) is 18.1. The molecule has 4 saturated carbocycles. The fourth-order valence-electron chi connectivity index (χ4n) is 12.0. The molecule has 0 bridgehead atoms. The standard InChI is InChI=1S/C39H58N2O6/c1-34(2)14-16-39(33(47)41-19-18-40-32(46)23-20-26(42)31(45)27(43)21-23)17-15-37(6)24(25(39)22-34)8-9-29-36(5)12-11-30(44)35(3,4)28(36)10-13-38(29,37)7/h8,20-21,25,28-30,42-45H,9-19,22H2,1-7H3,(H,40,46)(H,41,47)/t25-,28-,29+,30-,36-,37+,38+,39-/m0/s1. The number of carbonyl (C=O) groups excluding carboxylic acids is 2. The van der Waals surface area contributed by atoms with Crippen molar-refractivity contribution in [2.75, 3.05) is 13.1 Å². The molecule has 5 aliphatic carbocycles. The summed E-state index contributed by atoms with van der Waals surface area (Å²) in [6.45, 7) is 17.4. The molecule has 0 aromatic heterocycles. The van der Waals surface area contributed by atoms with Crippen molar-refractivity contribution < 1.29 is 30.0 Å². The number of rotatable bonds is 5. The molecule has 0 aliphatic heterocycles. The molecule has 6 N–H and O–H groups in total. The van der Waals surface area contributed by atoms with Crippen LogP contribution < -0.4 is 10.6 Å². The minimum Gasteiger partial charge on any atom is -0.504 e. The fraction of sp³-hybridized carbons (Fsp3) is 0.744. The third-order valence-corrected chi connectivity index (χ3v) is 15.1. The largest absolute Gasteiger partial charge is 0.504 e. The van der Waals surface area contributed by atoms with Gasteiger partial charge in [0.05, 0.1) is 11.5 Å². The highest BCUT2D eigenvalue weighted by Crippen LogP contribution is 2.75. The number of hydrogen-bond acceptors (Lipinski definition) is 6. The number of allylic oxidation sites excluding steroid dienone is 2. The van der Waals surface area contributed by atoms with E-state index in [1.165, 1.54) is 5.57 Å². The quantitative estimate of drug-likeness (QED) is 0.118. The number of hydrogen-bond donors (Lipinski definition) is 6. The van der Waals surface area contributed by atoms with E-state index in [2.05, 4.69) is 65.2 Å². The van der Waals surface area contributed by atoms with Gasteiger partial charge in [-0.15, -0.1) is 0 Å². The van der Waals surface area contributed by atoms with Gasteiger partial charge in [-0.2, -0.15) is 0 Å². The predicted octanol–water partition coefficient (Wildman–Crippen LogP) is 6.81. The monoisotopic (exact) mass is 650 g/mol. The number of phenols is 3. The Bertz CT molecular complexity index is 1460. The zero-order valence-corrected chi connectivity index (χ0v) is 29.6. The molecular weight excluding hydrogens is 592 g/mol. The molecule has 1 aromatic rings. The van der Waals surface area contributed by atoms with Crippen LogP contribution in [0.5, 0.6) is 17.2 Å². The molecule has 8 heteroatoms. The van der Waals surface area contributed by atoms with Crippen LogP contribution in [-0.2, 0) is 4.79 Å². The van der Waals surface area contributed by atoms with Gasteiger partial charge in [0, 0.05) is 18.7 Å². The Balaban J connectivity index is 1.23. The maximum atomic E-state index is 14.3. The van der Waals surface area contributed by atoms with Gasteiger partial charge in [-0.05, 0) is 121 Å². The molecule has 8 atom stereocenters. The van der Waals surface area contributed by atoms with Crippen molar-refractivity contribution in [3.05, 3.63) is 29.3 Å². The maximum absolute atomic E-state index is 14.3. The van der Waals surface area contributed by atoms with Gasteiger partial charge in [-0.25, -0.2) is 0 Å². The first kappa shape index (κ1) is 34.1. The van der Waals surface area contributed by atoms with Gasteiger partial charge in [0.2, 0.25) is 5.91 Å². The molecule has 0 radical (unpaired) electrons. The van der Waals surface area contributed by atoms with E-state index in [0.29, 0.717) is 11.8 Å². The Morgan fingerprint density at radius 1 is 0.809 bits per heavy atom. The number of benzene rings is 1. The highest BCUT2D eigenvalue weighted by atomic mass is 16.3. The summed E-state index contributed by atoms with van der Waals surface area (Å²) in [5.74, 6) is -1.01. The highest BCUT2D eigenvalue weighted by molar-refractivity contribution is 5.95. The van der Waals surface area contributed by atoms with Gasteiger partial charge in [0.15, 0.2) is 17.2 Å². The van der Waals surface area contributed by atoms with Gasteiger partial charge < -0.3 is 31.1 Å². The summed E-state index contributed by atoms with van der Waals surface area (Å²) >= 11 is 0. The third-order valence-electron chi connectivity index (χ3n) is 15.1. The molecule has 5 aliphatic rings. The summed E-state index contributed by atoms with van der Waals surface area (Å²) in [4.78, 5) is 27.0. The van der Waals surface area contributed by atoms with E-state index in [0.717, 1.165) is 76.3 Å². The summed E-state index contributed by atoms with van der Waals surface area (Å²) in [5.41, 5.74) is 1.46. The summed E-state index contributed by atoms with van der Waals surface area (Å²) in [6, 6.07) is 2.20. The van der Waals surface area contributed by atoms with Crippen LogP contribution in [-0.4, -0.2) is 51.4 Å². The minimum absolute atomic E-state index is 0.0151. The van der Waals surface area contributed by atoms with Crippen molar-refractivity contribution in [1.82, 2.24) is 10.6 Å². The van der Waals surface area contributed by atoms with Crippen LogP contribution in [0.4, 0.5) is 0 Å². The highest BCUT2D eigenvalue weighted by Gasteiger charge is 2.69. The number of carbonyl (C=O) groups is 2. The van der Waals surface area contributed by atoms with Gasteiger partial charge in [-0.3, -0.25) is 9.59 Å². The molecule has 4 fully saturated rings. The van der Waals surface area contributed by atoms with Crippen LogP contribution in [0.2, 0.25) is 0 Å². The van der Waals surface area contributed by atoms with Crippen LogP contribution in [0, 0.1) is 50.2 Å². The van der Waals surface area contributed by atoms with Gasteiger partial charge in [-0.1, -0.05) is 60.1 Å². The van der Waals surface area contributed by atoms with Crippen molar-refractivity contribution in [2.45, 2.75) is 119 Å². The Morgan fingerprint density at radius 2 is 1.45 bits per heavy atom. The van der Waals surface area contributed by atoms with Gasteiger partial charge in [0.25, 0.3) is 5.91 Å². The third kappa shape index (κ3) is 5.01. The van der Waals surface area contributed by atoms with Crippen LogP contribution in [0.25, 0.3) is 0 Å². The average Bonchev–Trinajstić information content (AvgIpc) is 2.99. The van der Waals surface area contributed by atoms with E-state index in [-0.39, 0.29) is 63.7 Å². The molecule has 0 saturated heterocycles. The molecule has 0 unspecified atom stereocenters. The van der Waals surface area contributed by atoms with Gasteiger partial charge in [0.1, 0.15) is 0 Å². The lowest BCUT2D eigenvalue weighted by atomic mass is 9.33.